The number of nitrogens with one attached hydrogen (secondary N) is 1. The highest BCUT2D eigenvalue weighted by atomic mass is 16.4. The molecule has 0 aliphatic rings. The van der Waals surface area contributed by atoms with Crippen molar-refractivity contribution in [1.82, 2.24) is 4.98 Å². The van der Waals surface area contributed by atoms with Crippen molar-refractivity contribution in [3.05, 3.63) is 23.4 Å². The Kier molecular flexibility index (Phi) is 4.07. The summed E-state index contributed by atoms with van der Waals surface area (Å²) in [5, 5.41) is 21.7. The number of carboxylic acid groups (broad SMARTS) is 1. The maximum absolute atomic E-state index is 10.9. The molecule has 5 nitrogen and oxygen atoms in total. The van der Waals surface area contributed by atoms with E-state index in [-0.39, 0.29) is 5.56 Å². The van der Waals surface area contributed by atoms with Crippen LogP contribution in [0.1, 0.15) is 36.3 Å². The fourth-order valence-electron chi connectivity index (χ4n) is 1.29. The molecular formula is C12H18N2O3. The zero-order valence-electron chi connectivity index (χ0n) is 10.3. The molecular weight excluding hydrogens is 220 g/mol. The van der Waals surface area contributed by atoms with Crippen molar-refractivity contribution < 1.29 is 15.0 Å². The predicted molar refractivity (Wildman–Crippen MR) is 65.3 cm³/mol. The van der Waals surface area contributed by atoms with Gasteiger partial charge in [0.1, 0.15) is 5.82 Å². The minimum absolute atomic E-state index is 0.191. The lowest BCUT2D eigenvalue weighted by Gasteiger charge is -2.22. The third-order valence-electron chi connectivity index (χ3n) is 2.61. The molecule has 1 rings (SSSR count). The number of carboxylic acids is 1. The Bertz CT molecular complexity index is 416. The SMILES string of the molecule is CCC(C)(O)CNc1cc(C(=O)O)cc(C)n1. The highest BCUT2D eigenvalue weighted by Crippen LogP contribution is 2.13. The van der Waals surface area contributed by atoms with Gasteiger partial charge in [-0.05, 0) is 32.4 Å². The Hall–Kier alpha value is -1.62. The van der Waals surface area contributed by atoms with Crippen LogP contribution < -0.4 is 5.32 Å². The number of hydrogen-bond acceptors (Lipinski definition) is 4. The first-order chi connectivity index (χ1) is 7.84. The second-order valence-corrected chi connectivity index (χ2v) is 4.39. The second-order valence-electron chi connectivity index (χ2n) is 4.39. The van der Waals surface area contributed by atoms with Crippen LogP contribution >= 0.6 is 0 Å². The van der Waals surface area contributed by atoms with Crippen LogP contribution in [0.15, 0.2) is 12.1 Å². The molecule has 0 aliphatic heterocycles. The largest absolute Gasteiger partial charge is 0.478 e. The van der Waals surface area contributed by atoms with E-state index in [1.165, 1.54) is 12.1 Å². The standard InChI is InChI=1S/C12H18N2O3/c1-4-12(3,17)7-13-10-6-9(11(15)16)5-8(2)14-10/h5-6,17H,4,7H2,1-3H3,(H,13,14)(H,15,16). The number of pyridine rings is 1. The zero-order chi connectivity index (χ0) is 13.1. The lowest BCUT2D eigenvalue weighted by Crippen LogP contribution is -2.32. The first-order valence-corrected chi connectivity index (χ1v) is 5.52. The highest BCUT2D eigenvalue weighted by Gasteiger charge is 2.17. The summed E-state index contributed by atoms with van der Waals surface area (Å²) in [6.07, 6.45) is 0.609. The van der Waals surface area contributed by atoms with Gasteiger partial charge in [0.2, 0.25) is 0 Å². The summed E-state index contributed by atoms with van der Waals surface area (Å²) in [6.45, 7) is 5.66. The summed E-state index contributed by atoms with van der Waals surface area (Å²) in [5.41, 5.74) is -0.00544. The van der Waals surface area contributed by atoms with E-state index in [0.29, 0.717) is 24.5 Å². The van der Waals surface area contributed by atoms with Gasteiger partial charge in [0.25, 0.3) is 0 Å². The summed E-state index contributed by atoms with van der Waals surface area (Å²) in [4.78, 5) is 15.0. The lowest BCUT2D eigenvalue weighted by atomic mass is 10.0. The molecule has 3 N–H and O–H groups in total. The van der Waals surface area contributed by atoms with Gasteiger partial charge in [0.05, 0.1) is 11.2 Å². The van der Waals surface area contributed by atoms with Crippen molar-refractivity contribution >= 4 is 11.8 Å². The Morgan fingerprint density at radius 1 is 1.53 bits per heavy atom. The van der Waals surface area contributed by atoms with Crippen LogP contribution in [0.2, 0.25) is 0 Å². The van der Waals surface area contributed by atoms with Gasteiger partial charge in [0, 0.05) is 12.2 Å². The van der Waals surface area contributed by atoms with Crippen molar-refractivity contribution in [3.8, 4) is 0 Å². The number of hydrogen-bond donors (Lipinski definition) is 3. The van der Waals surface area contributed by atoms with Gasteiger partial charge in [-0.3, -0.25) is 0 Å². The number of carbonyl (C=O) groups is 1. The topological polar surface area (TPSA) is 82.5 Å². The van der Waals surface area contributed by atoms with Crippen LogP contribution in [-0.2, 0) is 0 Å². The first kappa shape index (κ1) is 13.4. The van der Waals surface area contributed by atoms with Gasteiger partial charge in [0.15, 0.2) is 0 Å². The van der Waals surface area contributed by atoms with E-state index in [2.05, 4.69) is 10.3 Å². The number of aromatic nitrogens is 1. The summed E-state index contributed by atoms with van der Waals surface area (Å²) in [7, 11) is 0. The third kappa shape index (κ3) is 4.03. The molecule has 0 saturated heterocycles. The van der Waals surface area contributed by atoms with E-state index >= 15 is 0 Å². The van der Waals surface area contributed by atoms with Crippen molar-refractivity contribution in [2.75, 3.05) is 11.9 Å². The summed E-state index contributed by atoms with van der Waals surface area (Å²) >= 11 is 0. The van der Waals surface area contributed by atoms with Gasteiger partial charge in [-0.1, -0.05) is 6.92 Å². The number of anilines is 1. The molecule has 1 unspecified atom stereocenters. The number of rotatable bonds is 5. The molecule has 0 radical (unpaired) electrons. The minimum Gasteiger partial charge on any atom is -0.478 e. The van der Waals surface area contributed by atoms with Crippen LogP contribution in [0.5, 0.6) is 0 Å². The van der Waals surface area contributed by atoms with Crippen molar-refractivity contribution in [2.45, 2.75) is 32.8 Å². The Balaban J connectivity index is 2.81. The highest BCUT2D eigenvalue weighted by molar-refractivity contribution is 5.88. The molecule has 5 heteroatoms. The maximum Gasteiger partial charge on any atom is 0.335 e. The minimum atomic E-state index is -0.985. The Labute approximate surface area is 101 Å². The van der Waals surface area contributed by atoms with Gasteiger partial charge in [-0.2, -0.15) is 0 Å². The average Bonchev–Trinajstić information content (AvgIpc) is 2.26. The molecule has 0 aromatic carbocycles. The van der Waals surface area contributed by atoms with Gasteiger partial charge in [-0.25, -0.2) is 9.78 Å². The summed E-state index contributed by atoms with van der Waals surface area (Å²) < 4.78 is 0. The fraction of sp³-hybridized carbons (Fsp3) is 0.500. The fourth-order valence-corrected chi connectivity index (χ4v) is 1.29. The van der Waals surface area contributed by atoms with Gasteiger partial charge < -0.3 is 15.5 Å². The van der Waals surface area contributed by atoms with E-state index in [1.807, 2.05) is 6.92 Å². The molecule has 0 saturated carbocycles. The molecule has 0 spiro atoms. The summed E-state index contributed by atoms with van der Waals surface area (Å²) in [6, 6.07) is 2.96. The monoisotopic (exact) mass is 238 g/mol. The van der Waals surface area contributed by atoms with Crippen molar-refractivity contribution in [2.24, 2.45) is 0 Å². The Morgan fingerprint density at radius 2 is 2.18 bits per heavy atom. The molecule has 94 valence electrons. The average molecular weight is 238 g/mol. The number of aromatic carboxylic acids is 1. The second kappa shape index (κ2) is 5.14. The maximum atomic E-state index is 10.9. The van der Waals surface area contributed by atoms with E-state index in [4.69, 9.17) is 5.11 Å². The number of aryl methyl sites for hydroxylation is 1. The number of aliphatic hydroxyl groups is 1. The molecule has 1 atom stereocenters. The van der Waals surface area contributed by atoms with Crippen molar-refractivity contribution in [1.29, 1.82) is 0 Å². The summed E-state index contributed by atoms with van der Waals surface area (Å²) in [5.74, 6) is -0.517. The van der Waals surface area contributed by atoms with Gasteiger partial charge >= 0.3 is 5.97 Å². The molecule has 0 fully saturated rings. The molecule has 0 bridgehead atoms. The smallest absolute Gasteiger partial charge is 0.335 e. The Morgan fingerprint density at radius 3 is 2.71 bits per heavy atom. The van der Waals surface area contributed by atoms with E-state index in [1.54, 1.807) is 13.8 Å². The van der Waals surface area contributed by atoms with Crippen LogP contribution in [-0.4, -0.2) is 33.3 Å². The molecule has 0 amide bonds. The van der Waals surface area contributed by atoms with E-state index in [9.17, 15) is 9.90 Å². The van der Waals surface area contributed by atoms with Crippen LogP contribution in [0.25, 0.3) is 0 Å². The first-order valence-electron chi connectivity index (χ1n) is 5.52. The molecule has 1 heterocycles. The predicted octanol–water partition coefficient (Wildman–Crippen LogP) is 1.66. The van der Waals surface area contributed by atoms with Crippen molar-refractivity contribution in [3.63, 3.8) is 0 Å². The quantitative estimate of drug-likeness (QED) is 0.726. The molecule has 17 heavy (non-hydrogen) atoms. The third-order valence-corrected chi connectivity index (χ3v) is 2.61. The molecule has 0 aliphatic carbocycles. The molecule has 1 aromatic heterocycles. The van der Waals surface area contributed by atoms with E-state index < -0.39 is 11.6 Å². The lowest BCUT2D eigenvalue weighted by molar-refractivity contribution is 0.0693. The van der Waals surface area contributed by atoms with Crippen LogP contribution in [0, 0.1) is 6.92 Å². The van der Waals surface area contributed by atoms with Gasteiger partial charge in [-0.15, -0.1) is 0 Å². The molecule has 1 aromatic rings. The normalized spacial score (nSPS) is 14.1. The number of nitrogens with zero attached hydrogens (tertiary/aromatic N) is 1. The van der Waals surface area contributed by atoms with E-state index in [0.717, 1.165) is 0 Å². The zero-order valence-corrected chi connectivity index (χ0v) is 10.3. The van der Waals surface area contributed by atoms with Crippen LogP contribution in [0.4, 0.5) is 5.82 Å². The van der Waals surface area contributed by atoms with Crippen LogP contribution in [0.3, 0.4) is 0 Å².